The Kier molecular flexibility index (Phi) is 24.4. The lowest BCUT2D eigenvalue weighted by atomic mass is 9.82. The summed E-state index contributed by atoms with van der Waals surface area (Å²) < 4.78 is 2.24. The minimum atomic E-state index is -0.330. The number of hydrogen-bond donors (Lipinski definition) is 1. The quantitative estimate of drug-likeness (QED) is 0.117. The number of pyridine rings is 1. The van der Waals surface area contributed by atoms with Gasteiger partial charge < -0.3 is 22.3 Å². The molecule has 240 valence electrons. The molecular weight excluding hydrogens is 692 g/mol. The molecular formula is C34H56Br2N2O2S2. The van der Waals surface area contributed by atoms with E-state index in [1.807, 2.05) is 27.7 Å². The third kappa shape index (κ3) is 14.5. The molecule has 0 saturated heterocycles. The molecule has 0 amide bonds. The molecule has 8 heteroatoms. The number of rotatable bonds is 20. The van der Waals surface area contributed by atoms with Crippen LogP contribution in [-0.4, -0.2) is 21.7 Å². The average molecular weight is 749 g/mol. The van der Waals surface area contributed by atoms with E-state index in [9.17, 15) is 9.59 Å². The van der Waals surface area contributed by atoms with Crippen LogP contribution in [0.5, 0.6) is 0 Å². The number of aromatic nitrogens is 1. The lowest BCUT2D eigenvalue weighted by molar-refractivity contribution is -0.697. The van der Waals surface area contributed by atoms with E-state index in [0.717, 1.165) is 29.9 Å². The third-order valence-corrected chi connectivity index (χ3v) is 9.28. The van der Waals surface area contributed by atoms with Gasteiger partial charge in [0.25, 0.3) is 0 Å². The summed E-state index contributed by atoms with van der Waals surface area (Å²) in [6.07, 6.45) is 23.3. The van der Waals surface area contributed by atoms with E-state index in [4.69, 9.17) is 0 Å². The number of halogens is 2. The number of thioether (sulfide) groups is 2. The zero-order valence-corrected chi connectivity index (χ0v) is 31.7. The van der Waals surface area contributed by atoms with Gasteiger partial charge in [0.15, 0.2) is 12.4 Å². The van der Waals surface area contributed by atoms with E-state index >= 15 is 0 Å². The summed E-state index contributed by atoms with van der Waals surface area (Å²) in [6, 6.07) is 4.14. The Morgan fingerprint density at radius 3 is 1.60 bits per heavy atom. The summed E-state index contributed by atoms with van der Waals surface area (Å²) >= 11 is 2.64. The molecule has 0 aromatic carbocycles. The number of carbonyl (C=O) groups excluding carboxylic acids is 2. The van der Waals surface area contributed by atoms with Crippen molar-refractivity contribution < 1.29 is 31.1 Å². The molecule has 2 heterocycles. The van der Waals surface area contributed by atoms with Gasteiger partial charge in [-0.15, -0.1) is 17.0 Å². The Morgan fingerprint density at radius 1 is 0.738 bits per heavy atom. The molecule has 0 saturated carbocycles. The van der Waals surface area contributed by atoms with Gasteiger partial charge >= 0.3 is 0 Å². The van der Waals surface area contributed by atoms with Gasteiger partial charge in [-0.1, -0.05) is 121 Å². The first kappa shape index (κ1) is 41.4. The van der Waals surface area contributed by atoms with Crippen molar-refractivity contribution in [3.05, 3.63) is 52.6 Å². The second-order valence-corrected chi connectivity index (χ2v) is 13.5. The van der Waals surface area contributed by atoms with Crippen LogP contribution in [0.1, 0.15) is 136 Å². The van der Waals surface area contributed by atoms with E-state index in [-0.39, 0.29) is 50.1 Å². The van der Waals surface area contributed by atoms with Crippen LogP contribution in [0.2, 0.25) is 0 Å². The number of carbonyl (C=O) groups is 2. The first-order valence-corrected chi connectivity index (χ1v) is 17.9. The lowest BCUT2D eigenvalue weighted by Crippen LogP contribution is -3.00. The number of dihydropyridines is 1. The second-order valence-electron chi connectivity index (χ2n) is 11.0. The van der Waals surface area contributed by atoms with Gasteiger partial charge in [0.1, 0.15) is 6.54 Å². The van der Waals surface area contributed by atoms with Crippen LogP contribution in [0.15, 0.2) is 47.1 Å². The van der Waals surface area contributed by atoms with Gasteiger partial charge in [-0.05, 0) is 37.8 Å². The number of nitrogens with one attached hydrogen (secondary N) is 1. The number of nitrogens with zero attached hydrogens (tertiary/aromatic N) is 1. The van der Waals surface area contributed by atoms with Gasteiger partial charge in [0.05, 0.1) is 5.92 Å². The lowest BCUT2D eigenvalue weighted by Gasteiger charge is -2.30. The molecule has 1 aromatic heterocycles. The van der Waals surface area contributed by atoms with Crippen LogP contribution in [0, 0.1) is 0 Å². The summed E-state index contributed by atoms with van der Waals surface area (Å²) in [6.45, 7) is 11.2. The number of allylic oxidation sites excluding steroid dienone is 2. The first-order chi connectivity index (χ1) is 19.4. The van der Waals surface area contributed by atoms with Crippen molar-refractivity contribution in [1.82, 2.24) is 5.32 Å². The number of aryl methyl sites for hydroxylation is 1. The van der Waals surface area contributed by atoms with Crippen molar-refractivity contribution in [3.63, 3.8) is 0 Å². The van der Waals surface area contributed by atoms with Gasteiger partial charge in [-0.25, -0.2) is 4.57 Å². The van der Waals surface area contributed by atoms with Crippen LogP contribution in [0.25, 0.3) is 0 Å². The van der Waals surface area contributed by atoms with Gasteiger partial charge in [-0.3, -0.25) is 9.59 Å². The molecule has 1 aliphatic rings. The number of unbranched alkanes of at least 4 members (excludes halogenated alkanes) is 13. The molecule has 2 rings (SSSR count). The summed E-state index contributed by atoms with van der Waals surface area (Å²) in [4.78, 5) is 26.5. The maximum absolute atomic E-state index is 13.2. The van der Waals surface area contributed by atoms with Crippen molar-refractivity contribution in [2.75, 3.05) is 11.5 Å². The molecule has 0 bridgehead atoms. The largest absolute Gasteiger partial charge is 1.00 e. The Hall–Kier alpha value is -0.570. The monoisotopic (exact) mass is 746 g/mol. The Balaban J connectivity index is 0.00000840. The van der Waals surface area contributed by atoms with E-state index in [0.29, 0.717) is 22.7 Å². The predicted octanol–water partition coefficient (Wildman–Crippen LogP) is 6.83. The van der Waals surface area contributed by atoms with Crippen LogP contribution < -0.4 is 26.9 Å². The fraction of sp³-hybridized carbons (Fsp3) is 0.676. The predicted molar refractivity (Wildman–Crippen MR) is 185 cm³/mol. The smallest absolute Gasteiger partial charge is 0.218 e. The zero-order valence-electron chi connectivity index (χ0n) is 26.8. The molecule has 0 unspecified atom stereocenters. The SMILES string of the molecule is Br.CCCCCCCCCCCCCCCC[n+]1cccc(C2C(C(=O)SCC)=C(C)NC(C)=C2C(=O)SCC)c1.[Br-]. The van der Waals surface area contributed by atoms with Crippen LogP contribution >= 0.6 is 40.5 Å². The van der Waals surface area contributed by atoms with Crippen LogP contribution in [-0.2, 0) is 16.1 Å². The topological polar surface area (TPSA) is 50.0 Å². The Bertz CT molecular complexity index is 958. The molecule has 1 aromatic rings. The fourth-order valence-corrected chi connectivity index (χ4v) is 7.00. The van der Waals surface area contributed by atoms with Gasteiger partial charge in [0, 0.05) is 40.6 Å². The maximum Gasteiger partial charge on any atom is 0.218 e. The van der Waals surface area contributed by atoms with Crippen molar-refractivity contribution in [1.29, 1.82) is 0 Å². The molecule has 0 spiro atoms. The summed E-state index contributed by atoms with van der Waals surface area (Å²) in [5.74, 6) is 1.10. The molecule has 0 fully saturated rings. The van der Waals surface area contributed by atoms with E-state index in [2.05, 4.69) is 41.3 Å². The normalized spacial score (nSPS) is 13.5. The summed E-state index contributed by atoms with van der Waals surface area (Å²) in [5, 5.41) is 3.45. The average Bonchev–Trinajstić information content (AvgIpc) is 2.93. The van der Waals surface area contributed by atoms with Crippen LogP contribution in [0.3, 0.4) is 0 Å². The van der Waals surface area contributed by atoms with Crippen molar-refractivity contribution >= 4 is 50.7 Å². The second kappa shape index (κ2) is 24.7. The molecule has 0 atom stereocenters. The minimum absolute atomic E-state index is 0. The number of hydrogen-bond acceptors (Lipinski definition) is 5. The highest BCUT2D eigenvalue weighted by Gasteiger charge is 2.37. The van der Waals surface area contributed by atoms with Crippen LogP contribution in [0.4, 0.5) is 0 Å². The van der Waals surface area contributed by atoms with E-state index < -0.39 is 0 Å². The van der Waals surface area contributed by atoms with Crippen molar-refractivity contribution in [3.8, 4) is 0 Å². The minimum Gasteiger partial charge on any atom is -1.00 e. The molecule has 1 aliphatic heterocycles. The summed E-state index contributed by atoms with van der Waals surface area (Å²) in [5.41, 5.74) is 4.16. The maximum atomic E-state index is 13.2. The fourth-order valence-electron chi connectivity index (χ4n) is 5.63. The standard InChI is InChI=1S/C34H54N2O2S2.2BrH/c1-6-9-10-11-12-13-14-15-16-17-18-19-20-21-24-36-25-22-23-29(26-36)32-30(33(37)39-7-2)27(4)35-28(5)31(32)34(38)40-8-3;;/h22-23,25-26,32H,6-21,24H2,1-5H3;2*1H. The Labute approximate surface area is 286 Å². The zero-order chi connectivity index (χ0) is 29.2. The highest BCUT2D eigenvalue weighted by Crippen LogP contribution is 2.41. The van der Waals surface area contributed by atoms with Gasteiger partial charge in [-0.2, -0.15) is 0 Å². The molecule has 4 nitrogen and oxygen atoms in total. The van der Waals surface area contributed by atoms with Gasteiger partial charge in [0.2, 0.25) is 10.2 Å². The van der Waals surface area contributed by atoms with E-state index in [1.54, 1.807) is 0 Å². The highest BCUT2D eigenvalue weighted by atomic mass is 79.9. The Morgan fingerprint density at radius 2 is 1.17 bits per heavy atom. The molecule has 42 heavy (non-hydrogen) atoms. The molecule has 0 radical (unpaired) electrons. The summed E-state index contributed by atoms with van der Waals surface area (Å²) in [7, 11) is 0. The highest BCUT2D eigenvalue weighted by molar-refractivity contribution is 8.93. The third-order valence-electron chi connectivity index (χ3n) is 7.74. The van der Waals surface area contributed by atoms with E-state index in [1.165, 1.54) is 107 Å². The molecule has 0 aliphatic carbocycles. The van der Waals surface area contributed by atoms with Crippen molar-refractivity contribution in [2.24, 2.45) is 0 Å². The first-order valence-electron chi connectivity index (χ1n) is 16.0. The molecule has 1 N–H and O–H groups in total. The van der Waals surface area contributed by atoms with Crippen molar-refractivity contribution in [2.45, 2.75) is 137 Å².